The Hall–Kier alpha value is -1.83. The number of hydrogen-bond acceptors (Lipinski definition) is 2. The predicted octanol–water partition coefficient (Wildman–Crippen LogP) is 2.85. The van der Waals surface area contributed by atoms with Crippen LogP contribution in [0.1, 0.15) is 12.6 Å². The third-order valence-electron chi connectivity index (χ3n) is 2.16. The molecule has 2 heteroatoms. The number of aromatic nitrogens is 1. The zero-order chi connectivity index (χ0) is 9.97. The fourth-order valence-corrected chi connectivity index (χ4v) is 1.47. The molecule has 14 heavy (non-hydrogen) atoms. The zero-order valence-electron chi connectivity index (χ0n) is 8.07. The fourth-order valence-electron chi connectivity index (χ4n) is 1.47. The first-order valence-electron chi connectivity index (χ1n) is 4.58. The second-order valence-corrected chi connectivity index (χ2v) is 3.18. The van der Waals surface area contributed by atoms with Gasteiger partial charge in [-0.25, -0.2) is 0 Å². The highest BCUT2D eigenvalue weighted by atomic mass is 14.7. The SMILES string of the molecule is C/C=C\c1cc2c(N)cccc2cn1. The number of fused-ring (bicyclic) bond motifs is 1. The van der Waals surface area contributed by atoms with Crippen molar-refractivity contribution in [2.75, 3.05) is 5.73 Å². The molecule has 0 amide bonds. The molecule has 0 bridgehead atoms. The van der Waals surface area contributed by atoms with Crippen LogP contribution in [0, 0.1) is 0 Å². The molecule has 0 spiro atoms. The second-order valence-electron chi connectivity index (χ2n) is 3.18. The lowest BCUT2D eigenvalue weighted by Gasteiger charge is -2.01. The summed E-state index contributed by atoms with van der Waals surface area (Å²) in [5.41, 5.74) is 7.61. The predicted molar refractivity (Wildman–Crippen MR) is 60.9 cm³/mol. The Morgan fingerprint density at radius 3 is 3.00 bits per heavy atom. The number of hydrogen-bond donors (Lipinski definition) is 1. The van der Waals surface area contributed by atoms with E-state index in [0.29, 0.717) is 0 Å². The molecular weight excluding hydrogens is 172 g/mol. The van der Waals surface area contributed by atoms with Crippen molar-refractivity contribution in [2.45, 2.75) is 6.92 Å². The molecule has 1 aromatic heterocycles. The van der Waals surface area contributed by atoms with Crippen LogP contribution in [0.5, 0.6) is 0 Å². The van der Waals surface area contributed by atoms with Gasteiger partial charge in [0.1, 0.15) is 0 Å². The molecule has 1 aromatic carbocycles. The molecule has 0 radical (unpaired) electrons. The van der Waals surface area contributed by atoms with Crippen molar-refractivity contribution < 1.29 is 0 Å². The van der Waals surface area contributed by atoms with E-state index in [9.17, 15) is 0 Å². The van der Waals surface area contributed by atoms with E-state index in [1.165, 1.54) is 0 Å². The quantitative estimate of drug-likeness (QED) is 0.692. The summed E-state index contributed by atoms with van der Waals surface area (Å²) in [5, 5.41) is 2.15. The van der Waals surface area contributed by atoms with Crippen LogP contribution in [0.4, 0.5) is 5.69 Å². The molecule has 0 aliphatic carbocycles. The van der Waals surface area contributed by atoms with E-state index in [4.69, 9.17) is 5.73 Å². The number of rotatable bonds is 1. The summed E-state index contributed by atoms with van der Waals surface area (Å²) in [7, 11) is 0. The highest BCUT2D eigenvalue weighted by Gasteiger charge is 1.97. The van der Waals surface area contributed by atoms with E-state index < -0.39 is 0 Å². The lowest BCUT2D eigenvalue weighted by Crippen LogP contribution is -1.88. The van der Waals surface area contributed by atoms with Crippen LogP contribution in [0.25, 0.3) is 16.8 Å². The minimum Gasteiger partial charge on any atom is -0.398 e. The Morgan fingerprint density at radius 2 is 2.21 bits per heavy atom. The number of pyridine rings is 1. The topological polar surface area (TPSA) is 38.9 Å². The van der Waals surface area contributed by atoms with Crippen LogP contribution in [0.3, 0.4) is 0 Å². The van der Waals surface area contributed by atoms with Gasteiger partial charge >= 0.3 is 0 Å². The summed E-state index contributed by atoms with van der Waals surface area (Å²) in [6.07, 6.45) is 5.78. The van der Waals surface area contributed by atoms with Gasteiger partial charge in [0, 0.05) is 22.7 Å². The standard InChI is InChI=1S/C12H12N2/c1-2-4-10-7-11-9(8-14-10)5-3-6-12(11)13/h2-8H,13H2,1H3/b4-2-. The van der Waals surface area contributed by atoms with Crippen molar-refractivity contribution in [1.29, 1.82) is 0 Å². The van der Waals surface area contributed by atoms with Gasteiger partial charge in [-0.3, -0.25) is 4.98 Å². The molecule has 0 aliphatic rings. The minimum atomic E-state index is 0.802. The van der Waals surface area contributed by atoms with E-state index in [1.807, 2.05) is 49.5 Å². The maximum absolute atomic E-state index is 5.87. The molecule has 0 fully saturated rings. The highest BCUT2D eigenvalue weighted by molar-refractivity contribution is 5.93. The van der Waals surface area contributed by atoms with Crippen molar-refractivity contribution in [2.24, 2.45) is 0 Å². The molecule has 0 atom stereocenters. The van der Waals surface area contributed by atoms with Crippen LogP contribution in [-0.2, 0) is 0 Å². The average Bonchev–Trinajstić information content (AvgIpc) is 2.20. The smallest absolute Gasteiger partial charge is 0.0633 e. The third kappa shape index (κ3) is 1.46. The van der Waals surface area contributed by atoms with E-state index in [-0.39, 0.29) is 0 Å². The number of allylic oxidation sites excluding steroid dienone is 1. The molecular formula is C12H12N2. The highest BCUT2D eigenvalue weighted by Crippen LogP contribution is 2.20. The maximum Gasteiger partial charge on any atom is 0.0633 e. The first kappa shape index (κ1) is 8.75. The van der Waals surface area contributed by atoms with Gasteiger partial charge in [-0.2, -0.15) is 0 Å². The molecule has 0 saturated carbocycles. The summed E-state index contributed by atoms with van der Waals surface area (Å²) in [6.45, 7) is 1.97. The van der Waals surface area contributed by atoms with Crippen LogP contribution in [0.2, 0.25) is 0 Å². The van der Waals surface area contributed by atoms with Crippen molar-refractivity contribution in [3.8, 4) is 0 Å². The van der Waals surface area contributed by atoms with Gasteiger partial charge in [-0.1, -0.05) is 18.2 Å². The van der Waals surface area contributed by atoms with Gasteiger partial charge in [0.25, 0.3) is 0 Å². The van der Waals surface area contributed by atoms with Gasteiger partial charge in [-0.05, 0) is 25.1 Å². The Balaban J connectivity index is 2.69. The molecule has 2 nitrogen and oxygen atoms in total. The number of nitrogens with zero attached hydrogens (tertiary/aromatic N) is 1. The maximum atomic E-state index is 5.87. The summed E-state index contributed by atoms with van der Waals surface area (Å²) in [4.78, 5) is 4.30. The molecule has 0 saturated heterocycles. The summed E-state index contributed by atoms with van der Waals surface area (Å²) in [6, 6.07) is 7.86. The number of anilines is 1. The van der Waals surface area contributed by atoms with Crippen LogP contribution < -0.4 is 5.73 Å². The largest absolute Gasteiger partial charge is 0.398 e. The molecule has 2 rings (SSSR count). The van der Waals surface area contributed by atoms with E-state index in [2.05, 4.69) is 4.98 Å². The lowest BCUT2D eigenvalue weighted by atomic mass is 10.1. The van der Waals surface area contributed by atoms with Crippen LogP contribution in [0.15, 0.2) is 36.5 Å². The van der Waals surface area contributed by atoms with E-state index in [0.717, 1.165) is 22.2 Å². The third-order valence-corrected chi connectivity index (χ3v) is 2.16. The number of nitrogen functional groups attached to an aromatic ring is 1. The Morgan fingerprint density at radius 1 is 1.36 bits per heavy atom. The normalized spacial score (nSPS) is 11.2. The molecule has 0 aliphatic heterocycles. The minimum absolute atomic E-state index is 0.802. The van der Waals surface area contributed by atoms with E-state index >= 15 is 0 Å². The molecule has 70 valence electrons. The zero-order valence-corrected chi connectivity index (χ0v) is 8.07. The summed E-state index contributed by atoms with van der Waals surface area (Å²) < 4.78 is 0. The van der Waals surface area contributed by atoms with Gasteiger partial charge in [0.2, 0.25) is 0 Å². The average molecular weight is 184 g/mol. The lowest BCUT2D eigenvalue weighted by molar-refractivity contribution is 1.32. The Bertz CT molecular complexity index is 487. The van der Waals surface area contributed by atoms with Crippen molar-refractivity contribution in [1.82, 2.24) is 4.98 Å². The molecule has 2 N–H and O–H groups in total. The van der Waals surface area contributed by atoms with Crippen LogP contribution >= 0.6 is 0 Å². The molecule has 2 aromatic rings. The van der Waals surface area contributed by atoms with Gasteiger partial charge < -0.3 is 5.73 Å². The monoisotopic (exact) mass is 184 g/mol. The Labute approximate surface area is 83.1 Å². The first-order chi connectivity index (χ1) is 6.81. The van der Waals surface area contributed by atoms with Gasteiger partial charge in [0.05, 0.1) is 5.69 Å². The number of benzene rings is 1. The summed E-state index contributed by atoms with van der Waals surface area (Å²) in [5.74, 6) is 0. The van der Waals surface area contributed by atoms with E-state index in [1.54, 1.807) is 0 Å². The fraction of sp³-hybridized carbons (Fsp3) is 0.0833. The van der Waals surface area contributed by atoms with Crippen molar-refractivity contribution in [3.63, 3.8) is 0 Å². The van der Waals surface area contributed by atoms with Gasteiger partial charge in [-0.15, -0.1) is 0 Å². The number of nitrogens with two attached hydrogens (primary N) is 1. The Kier molecular flexibility index (Phi) is 2.19. The summed E-state index contributed by atoms with van der Waals surface area (Å²) >= 11 is 0. The van der Waals surface area contributed by atoms with Crippen molar-refractivity contribution >= 4 is 22.5 Å². The van der Waals surface area contributed by atoms with Crippen molar-refractivity contribution in [3.05, 3.63) is 42.2 Å². The van der Waals surface area contributed by atoms with Gasteiger partial charge in [0.15, 0.2) is 0 Å². The first-order valence-corrected chi connectivity index (χ1v) is 4.58. The molecule has 0 unspecified atom stereocenters. The van der Waals surface area contributed by atoms with Crippen LogP contribution in [-0.4, -0.2) is 4.98 Å². The molecule has 1 heterocycles. The second kappa shape index (κ2) is 3.50.